The molecule has 2 aliphatic rings. The number of carbonyl (C=O) groups is 2. The van der Waals surface area contributed by atoms with Crippen LogP contribution < -0.4 is 10.1 Å². The Morgan fingerprint density at radius 3 is 2.67 bits per heavy atom. The summed E-state index contributed by atoms with van der Waals surface area (Å²) in [5.74, 6) is 1.24. The Balaban J connectivity index is 1.48. The fourth-order valence-electron chi connectivity index (χ4n) is 4.86. The molecular formula is C24H25NO5. The molecule has 1 aliphatic carbocycles. The summed E-state index contributed by atoms with van der Waals surface area (Å²) in [6.07, 6.45) is 8.37. The lowest BCUT2D eigenvalue weighted by Gasteiger charge is -2.37. The zero-order chi connectivity index (χ0) is 20.7. The Labute approximate surface area is 174 Å². The maximum absolute atomic E-state index is 13.3. The molecule has 156 valence electrons. The van der Waals surface area contributed by atoms with Crippen LogP contribution in [0.5, 0.6) is 5.75 Å². The number of carbonyl (C=O) groups excluding carboxylic acids is 2. The van der Waals surface area contributed by atoms with Gasteiger partial charge in [-0.25, -0.2) is 0 Å². The fourth-order valence-corrected chi connectivity index (χ4v) is 4.86. The van der Waals surface area contributed by atoms with E-state index in [0.717, 1.165) is 25.7 Å². The fraction of sp³-hybridized carbons (Fsp3) is 0.417. The molecule has 1 aromatic carbocycles. The van der Waals surface area contributed by atoms with Crippen LogP contribution in [-0.2, 0) is 6.54 Å². The zero-order valence-corrected chi connectivity index (χ0v) is 17.1. The number of hydrogen-bond acceptors (Lipinski definition) is 5. The summed E-state index contributed by atoms with van der Waals surface area (Å²) in [5, 5.41) is 3.49. The molecule has 0 atom stereocenters. The van der Waals surface area contributed by atoms with Gasteiger partial charge < -0.3 is 18.9 Å². The van der Waals surface area contributed by atoms with E-state index >= 15 is 0 Å². The van der Waals surface area contributed by atoms with E-state index < -0.39 is 0 Å². The summed E-state index contributed by atoms with van der Waals surface area (Å²) >= 11 is 0. The Bertz CT molecular complexity index is 1100. The number of rotatable bonds is 3. The van der Waals surface area contributed by atoms with Crippen LogP contribution in [0, 0.1) is 6.92 Å². The van der Waals surface area contributed by atoms with Crippen LogP contribution in [0.3, 0.4) is 0 Å². The summed E-state index contributed by atoms with van der Waals surface area (Å²) in [6, 6.07) is 7.18. The van der Waals surface area contributed by atoms with Crippen LogP contribution >= 0.6 is 0 Å². The van der Waals surface area contributed by atoms with E-state index in [-0.39, 0.29) is 29.6 Å². The molecule has 5 rings (SSSR count). The molecule has 1 aliphatic heterocycles. The van der Waals surface area contributed by atoms with E-state index in [1.54, 1.807) is 24.5 Å². The first-order valence-corrected chi connectivity index (χ1v) is 10.7. The average molecular weight is 407 g/mol. The second kappa shape index (κ2) is 7.35. The highest BCUT2D eigenvalue weighted by Crippen LogP contribution is 2.44. The van der Waals surface area contributed by atoms with E-state index in [9.17, 15) is 9.59 Å². The lowest BCUT2D eigenvalue weighted by atomic mass is 9.83. The molecule has 6 heteroatoms. The number of hydrogen-bond donors (Lipinski definition) is 1. The number of fused-ring (bicyclic) bond motifs is 3. The minimum Gasteiger partial charge on any atom is -0.486 e. The molecular weight excluding hydrogens is 382 g/mol. The molecule has 3 aromatic rings. The van der Waals surface area contributed by atoms with Gasteiger partial charge in [-0.15, -0.1) is 0 Å². The second-order valence-electron chi connectivity index (χ2n) is 8.43. The second-order valence-corrected chi connectivity index (χ2v) is 8.43. The minimum absolute atomic E-state index is 0.0789. The molecule has 2 aromatic heterocycles. The van der Waals surface area contributed by atoms with Crippen LogP contribution in [0.1, 0.15) is 77.2 Å². The highest BCUT2D eigenvalue weighted by molar-refractivity contribution is 6.13. The maximum atomic E-state index is 13.3. The Hall–Kier alpha value is -3.02. The molecule has 1 N–H and O–H groups in total. The summed E-state index contributed by atoms with van der Waals surface area (Å²) in [4.78, 5) is 26.0. The van der Waals surface area contributed by atoms with Crippen molar-refractivity contribution < 1.29 is 23.2 Å². The molecule has 1 amide bonds. The highest BCUT2D eigenvalue weighted by Gasteiger charge is 2.42. The molecule has 0 radical (unpaired) electrons. The molecule has 3 heterocycles. The monoisotopic (exact) mass is 407 g/mol. The minimum atomic E-state index is -0.380. The van der Waals surface area contributed by atoms with Gasteiger partial charge in [0, 0.05) is 10.9 Å². The van der Waals surface area contributed by atoms with Gasteiger partial charge in [-0.05, 0) is 56.9 Å². The first-order valence-electron chi connectivity index (χ1n) is 10.7. The van der Waals surface area contributed by atoms with Crippen LogP contribution in [0.15, 0.2) is 39.4 Å². The Morgan fingerprint density at radius 2 is 1.93 bits per heavy atom. The topological polar surface area (TPSA) is 81.7 Å². The number of Topliss-reactive ketones (excluding diaryl/α,β-unsaturated/α-hetero) is 1. The summed E-state index contributed by atoms with van der Waals surface area (Å²) in [7, 11) is 0. The number of furan rings is 2. The van der Waals surface area contributed by atoms with Crippen molar-refractivity contribution in [2.75, 3.05) is 0 Å². The van der Waals surface area contributed by atoms with Gasteiger partial charge in [0.15, 0.2) is 11.5 Å². The van der Waals surface area contributed by atoms with Gasteiger partial charge in [0.25, 0.3) is 5.91 Å². The van der Waals surface area contributed by atoms with E-state index in [2.05, 4.69) is 5.32 Å². The third-order valence-corrected chi connectivity index (χ3v) is 6.37. The average Bonchev–Trinajstić information content (AvgIpc) is 3.31. The number of aryl methyl sites for hydroxylation is 1. The number of benzene rings is 1. The third-order valence-electron chi connectivity index (χ3n) is 6.37. The Kier molecular flexibility index (Phi) is 4.65. The van der Waals surface area contributed by atoms with Crippen LogP contribution in [0.2, 0.25) is 0 Å². The molecule has 30 heavy (non-hydrogen) atoms. The molecule has 0 saturated heterocycles. The van der Waals surface area contributed by atoms with Gasteiger partial charge in [0.05, 0.1) is 24.8 Å². The molecule has 1 spiro atoms. The van der Waals surface area contributed by atoms with Gasteiger partial charge in [-0.3, -0.25) is 9.59 Å². The lowest BCUT2D eigenvalue weighted by Crippen LogP contribution is -2.41. The largest absolute Gasteiger partial charge is 0.486 e. The van der Waals surface area contributed by atoms with Crippen molar-refractivity contribution in [1.82, 2.24) is 5.32 Å². The van der Waals surface area contributed by atoms with E-state index in [0.29, 0.717) is 40.0 Å². The van der Waals surface area contributed by atoms with Crippen molar-refractivity contribution in [3.05, 3.63) is 53.2 Å². The molecule has 1 saturated carbocycles. The van der Waals surface area contributed by atoms with Gasteiger partial charge in [0.1, 0.15) is 22.7 Å². The maximum Gasteiger partial charge on any atom is 0.287 e. The quantitative estimate of drug-likeness (QED) is 0.635. The number of amides is 1. The predicted molar refractivity (Wildman–Crippen MR) is 111 cm³/mol. The molecule has 1 fully saturated rings. The third kappa shape index (κ3) is 3.20. The number of nitrogens with one attached hydrogen (secondary N) is 1. The molecule has 0 bridgehead atoms. The van der Waals surface area contributed by atoms with Crippen molar-refractivity contribution in [3.63, 3.8) is 0 Å². The van der Waals surface area contributed by atoms with Gasteiger partial charge in [0.2, 0.25) is 0 Å². The lowest BCUT2D eigenvalue weighted by molar-refractivity contribution is 0.0301. The van der Waals surface area contributed by atoms with Gasteiger partial charge >= 0.3 is 0 Å². The van der Waals surface area contributed by atoms with E-state index in [1.165, 1.54) is 12.8 Å². The SMILES string of the molecule is Cc1c(C(=O)NCc2ccco2)oc2ccc3c(c12)C(=O)CC1(CCCCCC1)O3. The number of ether oxygens (including phenoxy) is 1. The van der Waals surface area contributed by atoms with Crippen molar-refractivity contribution in [3.8, 4) is 5.75 Å². The van der Waals surface area contributed by atoms with Crippen LogP contribution in [0.25, 0.3) is 11.0 Å². The molecule has 0 unspecified atom stereocenters. The van der Waals surface area contributed by atoms with Crippen molar-refractivity contribution in [1.29, 1.82) is 0 Å². The van der Waals surface area contributed by atoms with Gasteiger partial charge in [-0.2, -0.15) is 0 Å². The predicted octanol–water partition coefficient (Wildman–Crippen LogP) is 5.32. The van der Waals surface area contributed by atoms with E-state index in [1.807, 2.05) is 13.0 Å². The van der Waals surface area contributed by atoms with Crippen LogP contribution in [0.4, 0.5) is 0 Å². The van der Waals surface area contributed by atoms with Crippen molar-refractivity contribution in [2.24, 2.45) is 0 Å². The Morgan fingerprint density at radius 1 is 1.13 bits per heavy atom. The van der Waals surface area contributed by atoms with E-state index in [4.69, 9.17) is 13.6 Å². The standard InChI is InChI=1S/C24H25NO5/c1-15-20-18(29-22(15)23(27)25-14-16-7-6-12-28-16)8-9-19-21(20)17(26)13-24(30-19)10-4-2-3-5-11-24/h6-9,12H,2-5,10-11,13-14H2,1H3,(H,25,27). The smallest absolute Gasteiger partial charge is 0.287 e. The van der Waals surface area contributed by atoms with Gasteiger partial charge in [-0.1, -0.05) is 12.8 Å². The number of ketones is 1. The zero-order valence-electron chi connectivity index (χ0n) is 17.1. The first kappa shape index (κ1) is 19.0. The highest BCUT2D eigenvalue weighted by atomic mass is 16.5. The summed E-state index contributed by atoms with van der Waals surface area (Å²) in [6.45, 7) is 2.09. The van der Waals surface area contributed by atoms with Crippen LogP contribution in [-0.4, -0.2) is 17.3 Å². The summed E-state index contributed by atoms with van der Waals surface area (Å²) in [5.41, 5.74) is 1.36. The molecule has 6 nitrogen and oxygen atoms in total. The van der Waals surface area contributed by atoms with Crippen molar-refractivity contribution >= 4 is 22.7 Å². The first-order chi connectivity index (χ1) is 14.6. The van der Waals surface area contributed by atoms with Crippen molar-refractivity contribution in [2.45, 2.75) is 64.0 Å². The summed E-state index contributed by atoms with van der Waals surface area (Å²) < 4.78 is 17.6. The normalized spacial score (nSPS) is 18.1.